The highest BCUT2D eigenvalue weighted by Crippen LogP contribution is 2.28. The lowest BCUT2D eigenvalue weighted by molar-refractivity contribution is -0.110. The SMILES string of the molecule is O=C1OC(CN2C(=O)N(CC3CSC(=O)O3)C(O)N(CC3CSC(=O)O3)C2=O)CS1. The monoisotopic (exact) mass is 479 g/mol. The minimum absolute atomic E-state index is 0.128. The Hall–Kier alpha value is -1.84. The number of amides is 4. The van der Waals surface area contributed by atoms with Gasteiger partial charge in [0.1, 0.15) is 18.3 Å². The van der Waals surface area contributed by atoms with Gasteiger partial charge in [0.05, 0.1) is 19.6 Å². The molecule has 4 fully saturated rings. The molecule has 4 amide bonds. The van der Waals surface area contributed by atoms with Crippen LogP contribution in [0.1, 0.15) is 0 Å². The minimum Gasteiger partial charge on any atom is -0.451 e. The van der Waals surface area contributed by atoms with Gasteiger partial charge in [-0.1, -0.05) is 0 Å². The maximum absolute atomic E-state index is 13.0. The van der Waals surface area contributed by atoms with Crippen molar-refractivity contribution in [2.24, 2.45) is 0 Å². The van der Waals surface area contributed by atoms with Gasteiger partial charge in [0.15, 0.2) is 0 Å². The molecule has 4 saturated heterocycles. The van der Waals surface area contributed by atoms with Crippen LogP contribution in [0.4, 0.5) is 24.0 Å². The molecule has 0 aromatic heterocycles. The predicted octanol–water partition coefficient (Wildman–Crippen LogP) is 1.18. The molecule has 30 heavy (non-hydrogen) atoms. The van der Waals surface area contributed by atoms with E-state index in [-0.39, 0.29) is 25.4 Å². The average molecular weight is 480 g/mol. The smallest absolute Gasteiger partial charge is 0.367 e. The van der Waals surface area contributed by atoms with E-state index >= 15 is 0 Å². The van der Waals surface area contributed by atoms with Crippen molar-refractivity contribution >= 4 is 63.3 Å². The van der Waals surface area contributed by atoms with Gasteiger partial charge in [0, 0.05) is 17.3 Å². The normalized spacial score (nSPS) is 32.0. The second-order valence-corrected chi connectivity index (χ2v) is 9.60. The van der Waals surface area contributed by atoms with Crippen LogP contribution in [0.25, 0.3) is 0 Å². The van der Waals surface area contributed by atoms with Gasteiger partial charge in [-0.2, -0.15) is 0 Å². The zero-order valence-corrected chi connectivity index (χ0v) is 17.8. The molecule has 0 spiro atoms. The molecular weight excluding hydrogens is 462 g/mol. The quantitative estimate of drug-likeness (QED) is 0.431. The Morgan fingerprint density at radius 3 is 1.40 bits per heavy atom. The van der Waals surface area contributed by atoms with Crippen LogP contribution in [-0.2, 0) is 14.2 Å². The second-order valence-electron chi connectivity index (χ2n) is 6.73. The standard InChI is InChI=1S/C15H17N3O9S3/c19-10-16(1-7-4-28-13(22)25-7)11(20)18(3-9-6-30-15(24)27-9)12(21)17(10)2-8-5-29-14(23)26-8/h7-10,19H,1-6H2. The molecule has 0 aromatic rings. The number of hydrogen-bond donors (Lipinski definition) is 1. The number of ether oxygens (including phenoxy) is 3. The van der Waals surface area contributed by atoms with Crippen molar-refractivity contribution in [3.8, 4) is 0 Å². The third kappa shape index (κ3) is 4.43. The van der Waals surface area contributed by atoms with Crippen LogP contribution in [0.3, 0.4) is 0 Å². The highest BCUT2D eigenvalue weighted by Gasteiger charge is 2.47. The highest BCUT2D eigenvalue weighted by molar-refractivity contribution is 8.14. The Morgan fingerprint density at radius 2 is 1.07 bits per heavy atom. The third-order valence-electron chi connectivity index (χ3n) is 4.65. The summed E-state index contributed by atoms with van der Waals surface area (Å²) in [5.41, 5.74) is 0. The molecule has 3 unspecified atom stereocenters. The largest absolute Gasteiger partial charge is 0.451 e. The van der Waals surface area contributed by atoms with Crippen LogP contribution >= 0.6 is 35.3 Å². The van der Waals surface area contributed by atoms with E-state index in [0.717, 1.165) is 50.0 Å². The third-order valence-corrected chi connectivity index (χ3v) is 7.26. The molecule has 4 aliphatic rings. The summed E-state index contributed by atoms with van der Waals surface area (Å²) in [5, 5.41) is 9.30. The van der Waals surface area contributed by atoms with Crippen molar-refractivity contribution < 1.29 is 43.3 Å². The number of thioether (sulfide) groups is 3. The summed E-state index contributed by atoms with van der Waals surface area (Å²) in [7, 11) is 0. The lowest BCUT2D eigenvalue weighted by Gasteiger charge is -2.45. The summed E-state index contributed by atoms with van der Waals surface area (Å²) in [6, 6.07) is -1.58. The molecule has 0 aromatic carbocycles. The van der Waals surface area contributed by atoms with Crippen molar-refractivity contribution in [2.75, 3.05) is 36.9 Å². The first-order valence-corrected chi connectivity index (χ1v) is 11.8. The number of carbonyl (C=O) groups excluding carboxylic acids is 5. The molecular formula is C15H17N3O9S3. The molecule has 0 aliphatic carbocycles. The number of imide groups is 1. The van der Waals surface area contributed by atoms with E-state index < -0.39 is 52.6 Å². The van der Waals surface area contributed by atoms with Gasteiger partial charge in [-0.05, 0) is 35.3 Å². The van der Waals surface area contributed by atoms with Crippen LogP contribution in [0.5, 0.6) is 0 Å². The number of aliphatic hydroxyl groups excluding tert-OH is 1. The fourth-order valence-electron chi connectivity index (χ4n) is 3.27. The van der Waals surface area contributed by atoms with Crippen molar-refractivity contribution in [1.82, 2.24) is 14.7 Å². The summed E-state index contributed by atoms with van der Waals surface area (Å²) in [5.74, 6) is 0.889. The number of carbonyl (C=O) groups is 5. The molecule has 4 rings (SSSR count). The van der Waals surface area contributed by atoms with Gasteiger partial charge in [0.25, 0.3) is 0 Å². The first-order chi connectivity index (χ1) is 14.3. The molecule has 3 atom stereocenters. The minimum atomic E-state index is -1.63. The average Bonchev–Trinajstić information content (AvgIpc) is 3.42. The number of aliphatic hydroxyl groups is 1. The van der Waals surface area contributed by atoms with Crippen molar-refractivity contribution in [2.45, 2.75) is 24.7 Å². The van der Waals surface area contributed by atoms with Crippen LogP contribution in [0.2, 0.25) is 0 Å². The number of hydrogen-bond acceptors (Lipinski definition) is 12. The summed E-state index contributed by atoms with van der Waals surface area (Å²) >= 11 is 2.86. The maximum atomic E-state index is 13.0. The van der Waals surface area contributed by atoms with E-state index in [1.807, 2.05) is 0 Å². The Morgan fingerprint density at radius 1 is 0.700 bits per heavy atom. The van der Waals surface area contributed by atoms with E-state index in [9.17, 15) is 29.1 Å². The van der Waals surface area contributed by atoms with Gasteiger partial charge in [0.2, 0.25) is 6.35 Å². The Kier molecular flexibility index (Phi) is 6.22. The van der Waals surface area contributed by atoms with Crippen LogP contribution in [0.15, 0.2) is 0 Å². The Bertz CT molecular complexity index is 736. The molecule has 4 aliphatic heterocycles. The van der Waals surface area contributed by atoms with E-state index in [4.69, 9.17) is 14.2 Å². The van der Waals surface area contributed by atoms with Crippen molar-refractivity contribution in [1.29, 1.82) is 0 Å². The molecule has 164 valence electrons. The van der Waals surface area contributed by atoms with Crippen LogP contribution in [-0.4, -0.2) is 109 Å². The second kappa shape index (κ2) is 8.72. The van der Waals surface area contributed by atoms with Crippen molar-refractivity contribution in [3.05, 3.63) is 0 Å². The molecule has 0 radical (unpaired) electrons. The van der Waals surface area contributed by atoms with Gasteiger partial charge in [-0.3, -0.25) is 9.80 Å². The first kappa shape index (κ1) is 21.4. The van der Waals surface area contributed by atoms with E-state index in [0.29, 0.717) is 11.5 Å². The molecule has 15 heteroatoms. The van der Waals surface area contributed by atoms with E-state index in [1.165, 1.54) is 0 Å². The van der Waals surface area contributed by atoms with Gasteiger partial charge < -0.3 is 19.3 Å². The maximum Gasteiger partial charge on any atom is 0.367 e. The van der Waals surface area contributed by atoms with Crippen molar-refractivity contribution in [3.63, 3.8) is 0 Å². The molecule has 0 bridgehead atoms. The molecule has 1 N–H and O–H groups in total. The van der Waals surface area contributed by atoms with Crippen LogP contribution in [0, 0.1) is 0 Å². The zero-order chi connectivity index (χ0) is 21.4. The molecule has 0 saturated carbocycles. The number of cyclic esters (lactones) is 3. The summed E-state index contributed by atoms with van der Waals surface area (Å²) in [6.07, 6.45) is -3.58. The van der Waals surface area contributed by atoms with Gasteiger partial charge >= 0.3 is 28.0 Å². The lowest BCUT2D eigenvalue weighted by Crippen LogP contribution is -2.69. The fraction of sp³-hybridized carbons (Fsp3) is 0.667. The highest BCUT2D eigenvalue weighted by atomic mass is 32.2. The fourth-order valence-corrected chi connectivity index (χ4v) is 5.36. The zero-order valence-electron chi connectivity index (χ0n) is 15.3. The van der Waals surface area contributed by atoms with E-state index in [1.54, 1.807) is 0 Å². The number of urea groups is 2. The summed E-state index contributed by atoms with van der Waals surface area (Å²) in [4.78, 5) is 62.9. The topological polar surface area (TPSA) is 143 Å². The number of nitrogens with zero attached hydrogens (tertiary/aromatic N) is 3. The van der Waals surface area contributed by atoms with Gasteiger partial charge in [-0.15, -0.1) is 0 Å². The lowest BCUT2D eigenvalue weighted by atomic mass is 10.3. The number of rotatable bonds is 6. The Balaban J connectivity index is 1.52. The Labute approximate surface area is 182 Å². The molecule has 12 nitrogen and oxygen atoms in total. The molecule has 4 heterocycles. The summed E-state index contributed by atoms with van der Waals surface area (Å²) in [6.45, 7) is -0.441. The van der Waals surface area contributed by atoms with E-state index in [2.05, 4.69) is 0 Å². The van der Waals surface area contributed by atoms with Crippen LogP contribution < -0.4 is 0 Å². The summed E-state index contributed by atoms with van der Waals surface area (Å²) < 4.78 is 15.3. The first-order valence-electron chi connectivity index (χ1n) is 8.89. The van der Waals surface area contributed by atoms with Gasteiger partial charge in [-0.25, -0.2) is 28.9 Å². The predicted molar refractivity (Wildman–Crippen MR) is 105 cm³/mol.